The molecule has 6 heteroatoms. The Labute approximate surface area is 113 Å². The monoisotopic (exact) mass is 262 g/mol. The molecule has 0 aromatic carbocycles. The summed E-state index contributed by atoms with van der Waals surface area (Å²) in [7, 11) is -0.375. The summed E-state index contributed by atoms with van der Waals surface area (Å²) in [5.74, 6) is 0.356. The molecule has 3 heterocycles. The van der Waals surface area contributed by atoms with Gasteiger partial charge in [0.15, 0.2) is 0 Å². The number of aromatic nitrogens is 2. The number of nitrogens with zero attached hydrogens (tertiary/aromatic N) is 2. The third-order valence-electron chi connectivity index (χ3n) is 4.28. The van der Waals surface area contributed by atoms with Crippen LogP contribution in [0.2, 0.25) is 0 Å². The number of ether oxygens (including phenoxy) is 1. The highest BCUT2D eigenvalue weighted by molar-refractivity contribution is 6.62. The van der Waals surface area contributed by atoms with E-state index in [2.05, 4.69) is 10.2 Å². The van der Waals surface area contributed by atoms with E-state index in [1.807, 2.05) is 33.8 Å². The number of hydrogen-bond donors (Lipinski definition) is 0. The molecule has 0 saturated carbocycles. The zero-order chi connectivity index (χ0) is 13.7. The molecule has 1 aromatic rings. The predicted molar refractivity (Wildman–Crippen MR) is 71.3 cm³/mol. The molecule has 0 bridgehead atoms. The van der Waals surface area contributed by atoms with Gasteiger partial charge < -0.3 is 14.0 Å². The summed E-state index contributed by atoms with van der Waals surface area (Å²) in [6.45, 7) is 9.62. The van der Waals surface area contributed by atoms with Gasteiger partial charge in [-0.15, -0.1) is 0 Å². The molecular formula is C13H19BN2O3. The summed E-state index contributed by atoms with van der Waals surface area (Å²) in [4.78, 5) is 0. The lowest BCUT2D eigenvalue weighted by atomic mass is 9.79. The van der Waals surface area contributed by atoms with E-state index >= 15 is 0 Å². The van der Waals surface area contributed by atoms with Crippen molar-refractivity contribution in [1.82, 2.24) is 10.2 Å². The van der Waals surface area contributed by atoms with E-state index in [9.17, 15) is 0 Å². The van der Waals surface area contributed by atoms with Crippen LogP contribution in [0, 0.1) is 0 Å². The molecule has 0 spiro atoms. The lowest BCUT2D eigenvalue weighted by Gasteiger charge is -2.32. The third-order valence-corrected chi connectivity index (χ3v) is 4.28. The minimum atomic E-state index is -0.375. The third kappa shape index (κ3) is 2.18. The molecule has 19 heavy (non-hydrogen) atoms. The van der Waals surface area contributed by atoms with Gasteiger partial charge in [0.25, 0.3) is 0 Å². The highest BCUT2D eigenvalue weighted by Gasteiger charge is 2.52. The van der Waals surface area contributed by atoms with Crippen molar-refractivity contribution >= 4 is 12.6 Å². The topological polar surface area (TPSA) is 53.5 Å². The fourth-order valence-electron chi connectivity index (χ4n) is 2.11. The first-order chi connectivity index (χ1) is 8.89. The summed E-state index contributed by atoms with van der Waals surface area (Å²) >= 11 is 0. The Hall–Kier alpha value is -0.975. The van der Waals surface area contributed by atoms with Crippen LogP contribution in [0.1, 0.15) is 39.3 Å². The van der Waals surface area contributed by atoms with Crippen molar-refractivity contribution in [2.75, 3.05) is 13.2 Å². The van der Waals surface area contributed by atoms with Gasteiger partial charge in [0.05, 0.1) is 30.1 Å². The maximum absolute atomic E-state index is 6.02. The second-order valence-corrected chi connectivity index (χ2v) is 6.24. The zero-order valence-electron chi connectivity index (χ0n) is 11.8. The van der Waals surface area contributed by atoms with Crippen LogP contribution in [0.25, 0.3) is 0 Å². The lowest BCUT2D eigenvalue weighted by molar-refractivity contribution is 0.00578. The Morgan fingerprint density at radius 2 is 1.79 bits per heavy atom. The minimum absolute atomic E-state index is 0.333. The van der Waals surface area contributed by atoms with E-state index in [1.165, 1.54) is 0 Å². The van der Waals surface area contributed by atoms with Crippen molar-refractivity contribution in [3.05, 3.63) is 18.0 Å². The van der Waals surface area contributed by atoms with Gasteiger partial charge in [0, 0.05) is 17.6 Å². The standard InChI is InChI=1S/C13H19BN2O3/c1-12(2)13(3,4)19-14(18-12)10-5-11(16-15-6-10)9-7-17-8-9/h5-6,9H,7-8H2,1-4H3. The van der Waals surface area contributed by atoms with Crippen molar-refractivity contribution < 1.29 is 14.0 Å². The van der Waals surface area contributed by atoms with E-state index in [4.69, 9.17) is 14.0 Å². The predicted octanol–water partition coefficient (Wildman–Crippen LogP) is 0.890. The molecule has 2 fully saturated rings. The molecule has 2 saturated heterocycles. The van der Waals surface area contributed by atoms with Crippen LogP contribution < -0.4 is 5.46 Å². The Morgan fingerprint density at radius 1 is 1.16 bits per heavy atom. The van der Waals surface area contributed by atoms with E-state index in [0.29, 0.717) is 5.92 Å². The molecule has 0 aliphatic carbocycles. The number of rotatable bonds is 2. The van der Waals surface area contributed by atoms with Crippen LogP contribution in [0.5, 0.6) is 0 Å². The molecule has 2 aliphatic heterocycles. The van der Waals surface area contributed by atoms with Crippen LogP contribution in [0.3, 0.4) is 0 Å². The second kappa shape index (κ2) is 4.26. The van der Waals surface area contributed by atoms with E-state index in [-0.39, 0.29) is 18.3 Å². The first-order valence-electron chi connectivity index (χ1n) is 6.65. The molecule has 102 valence electrons. The van der Waals surface area contributed by atoms with E-state index in [1.54, 1.807) is 6.20 Å². The Balaban J connectivity index is 1.83. The molecule has 0 amide bonds. The van der Waals surface area contributed by atoms with Crippen molar-refractivity contribution in [1.29, 1.82) is 0 Å². The van der Waals surface area contributed by atoms with Crippen LogP contribution in [-0.4, -0.2) is 41.7 Å². The minimum Gasteiger partial charge on any atom is -0.399 e. The van der Waals surface area contributed by atoms with E-state index in [0.717, 1.165) is 24.4 Å². The molecule has 0 atom stereocenters. The average Bonchev–Trinajstić information content (AvgIpc) is 2.46. The lowest BCUT2D eigenvalue weighted by Crippen LogP contribution is -2.41. The van der Waals surface area contributed by atoms with Gasteiger partial charge in [-0.1, -0.05) is 0 Å². The molecule has 5 nitrogen and oxygen atoms in total. The van der Waals surface area contributed by atoms with Gasteiger partial charge in [-0.25, -0.2) is 0 Å². The van der Waals surface area contributed by atoms with Gasteiger partial charge in [0.1, 0.15) is 0 Å². The average molecular weight is 262 g/mol. The zero-order valence-corrected chi connectivity index (χ0v) is 11.8. The van der Waals surface area contributed by atoms with Gasteiger partial charge in [-0.3, -0.25) is 0 Å². The Morgan fingerprint density at radius 3 is 2.32 bits per heavy atom. The van der Waals surface area contributed by atoms with Gasteiger partial charge in [-0.05, 0) is 33.8 Å². The summed E-state index contributed by atoms with van der Waals surface area (Å²) in [5, 5.41) is 8.23. The van der Waals surface area contributed by atoms with Crippen molar-refractivity contribution in [2.24, 2.45) is 0 Å². The van der Waals surface area contributed by atoms with Crippen molar-refractivity contribution in [2.45, 2.75) is 44.8 Å². The van der Waals surface area contributed by atoms with Gasteiger partial charge >= 0.3 is 7.12 Å². The maximum atomic E-state index is 6.02. The van der Waals surface area contributed by atoms with Gasteiger partial charge in [0.2, 0.25) is 0 Å². The molecule has 0 radical (unpaired) electrons. The smallest absolute Gasteiger partial charge is 0.399 e. The fourth-order valence-corrected chi connectivity index (χ4v) is 2.11. The first kappa shape index (κ1) is 13.0. The highest BCUT2D eigenvalue weighted by Crippen LogP contribution is 2.36. The maximum Gasteiger partial charge on any atom is 0.496 e. The summed E-state index contributed by atoms with van der Waals surface area (Å²) in [5.41, 5.74) is 1.22. The Kier molecular flexibility index (Phi) is 2.92. The normalized spacial score (nSPS) is 25.4. The summed E-state index contributed by atoms with van der Waals surface area (Å²) in [6, 6.07) is 2.02. The van der Waals surface area contributed by atoms with Gasteiger partial charge in [-0.2, -0.15) is 10.2 Å². The molecular weight excluding hydrogens is 243 g/mol. The van der Waals surface area contributed by atoms with Crippen LogP contribution >= 0.6 is 0 Å². The first-order valence-corrected chi connectivity index (χ1v) is 6.65. The summed E-state index contributed by atoms with van der Waals surface area (Å²) in [6.07, 6.45) is 1.71. The van der Waals surface area contributed by atoms with Crippen LogP contribution in [0.15, 0.2) is 12.3 Å². The quantitative estimate of drug-likeness (QED) is 0.741. The molecule has 0 unspecified atom stereocenters. The van der Waals surface area contributed by atoms with Crippen molar-refractivity contribution in [3.63, 3.8) is 0 Å². The Bertz CT molecular complexity index is 473. The molecule has 3 rings (SSSR count). The fraction of sp³-hybridized carbons (Fsp3) is 0.692. The summed E-state index contributed by atoms with van der Waals surface area (Å²) < 4.78 is 17.2. The van der Waals surface area contributed by atoms with Crippen LogP contribution in [0.4, 0.5) is 0 Å². The number of hydrogen-bond acceptors (Lipinski definition) is 5. The molecule has 2 aliphatic rings. The largest absolute Gasteiger partial charge is 0.496 e. The van der Waals surface area contributed by atoms with E-state index < -0.39 is 0 Å². The second-order valence-electron chi connectivity index (χ2n) is 6.24. The SMILES string of the molecule is CC1(C)OB(c2cnnc(C3COC3)c2)OC1(C)C. The molecule has 1 aromatic heterocycles. The van der Waals surface area contributed by atoms with Crippen LogP contribution in [-0.2, 0) is 14.0 Å². The molecule has 0 N–H and O–H groups in total. The van der Waals surface area contributed by atoms with Crippen molar-refractivity contribution in [3.8, 4) is 0 Å². The highest BCUT2D eigenvalue weighted by atomic mass is 16.7.